The number of carbonyl (C=O) groups is 2. The second-order valence-corrected chi connectivity index (χ2v) is 3.35. The molecule has 18 heavy (non-hydrogen) atoms. The van der Waals surface area contributed by atoms with Crippen molar-refractivity contribution in [2.75, 3.05) is 5.32 Å². The molecule has 1 heterocycles. The summed E-state index contributed by atoms with van der Waals surface area (Å²) in [5.41, 5.74) is 0.311. The molecule has 7 nitrogen and oxygen atoms in total. The zero-order chi connectivity index (χ0) is 13.1. The highest BCUT2D eigenvalue weighted by Gasteiger charge is 2.11. The van der Waals surface area contributed by atoms with Crippen LogP contribution in [0, 0.1) is 0 Å². The number of hydrogen-bond acceptors (Lipinski definition) is 5. The largest absolute Gasteiger partial charge is 0.478 e. The molecule has 0 bridgehead atoms. The van der Waals surface area contributed by atoms with Gasteiger partial charge >= 0.3 is 11.9 Å². The summed E-state index contributed by atoms with van der Waals surface area (Å²) in [5, 5.41) is 20.1. The molecular formula is C11H8N2O5. The zero-order valence-corrected chi connectivity index (χ0v) is 8.95. The fourth-order valence-corrected chi connectivity index (χ4v) is 1.28. The number of aromatic carboxylic acids is 2. The van der Waals surface area contributed by atoms with Crippen molar-refractivity contribution < 1.29 is 24.2 Å². The molecule has 0 spiro atoms. The summed E-state index contributed by atoms with van der Waals surface area (Å²) in [5.74, 6) is -2.26. The van der Waals surface area contributed by atoms with Gasteiger partial charge in [0.15, 0.2) is 5.69 Å². The molecule has 3 N–H and O–H groups in total. The lowest BCUT2D eigenvalue weighted by molar-refractivity contribution is 0.0682. The van der Waals surface area contributed by atoms with Crippen LogP contribution in [0.15, 0.2) is 34.9 Å². The molecular weight excluding hydrogens is 240 g/mol. The van der Waals surface area contributed by atoms with E-state index in [1.165, 1.54) is 12.1 Å². The first-order chi connectivity index (χ1) is 8.56. The SMILES string of the molecule is O=C(O)c1cccc(Nc2nc(C(=O)O)co2)c1. The van der Waals surface area contributed by atoms with Gasteiger partial charge in [0, 0.05) is 5.69 Å². The van der Waals surface area contributed by atoms with Crippen LogP contribution < -0.4 is 5.32 Å². The average Bonchev–Trinajstić information content (AvgIpc) is 2.78. The normalized spacial score (nSPS) is 10.0. The summed E-state index contributed by atoms with van der Waals surface area (Å²) in [6.45, 7) is 0. The topological polar surface area (TPSA) is 113 Å². The van der Waals surface area contributed by atoms with E-state index in [0.717, 1.165) is 6.26 Å². The Kier molecular flexibility index (Phi) is 2.96. The molecule has 0 aliphatic heterocycles. The minimum absolute atomic E-state index is 0.0186. The first kappa shape index (κ1) is 11.6. The maximum Gasteiger partial charge on any atom is 0.357 e. The first-order valence-electron chi connectivity index (χ1n) is 4.85. The zero-order valence-electron chi connectivity index (χ0n) is 8.95. The average molecular weight is 248 g/mol. The summed E-state index contributed by atoms with van der Waals surface area (Å²) in [4.78, 5) is 25.0. The molecule has 1 aromatic heterocycles. The molecule has 92 valence electrons. The van der Waals surface area contributed by atoms with Crippen molar-refractivity contribution in [1.82, 2.24) is 4.98 Å². The Balaban J connectivity index is 2.20. The van der Waals surface area contributed by atoms with E-state index in [1.54, 1.807) is 12.1 Å². The van der Waals surface area contributed by atoms with Crippen LogP contribution in [0.4, 0.5) is 11.7 Å². The number of hydrogen-bond donors (Lipinski definition) is 3. The van der Waals surface area contributed by atoms with Gasteiger partial charge in [-0.05, 0) is 18.2 Å². The summed E-state index contributed by atoms with van der Waals surface area (Å²) in [7, 11) is 0. The summed E-state index contributed by atoms with van der Waals surface area (Å²) in [6, 6.07) is 5.96. The van der Waals surface area contributed by atoms with Gasteiger partial charge in [0.25, 0.3) is 6.01 Å². The minimum atomic E-state index is -1.20. The van der Waals surface area contributed by atoms with Gasteiger partial charge in [-0.25, -0.2) is 9.59 Å². The standard InChI is InChI=1S/C11H8N2O5/c14-9(15)6-2-1-3-7(4-6)12-11-13-8(5-18-11)10(16)17/h1-5H,(H,12,13)(H,14,15)(H,16,17). The number of aromatic nitrogens is 1. The van der Waals surface area contributed by atoms with Crippen molar-refractivity contribution in [2.24, 2.45) is 0 Å². The van der Waals surface area contributed by atoms with E-state index >= 15 is 0 Å². The van der Waals surface area contributed by atoms with E-state index in [-0.39, 0.29) is 17.3 Å². The van der Waals surface area contributed by atoms with E-state index in [0.29, 0.717) is 5.69 Å². The minimum Gasteiger partial charge on any atom is -0.478 e. The Morgan fingerprint density at radius 2 is 2.00 bits per heavy atom. The highest BCUT2D eigenvalue weighted by atomic mass is 16.4. The highest BCUT2D eigenvalue weighted by molar-refractivity contribution is 5.89. The Labute approximate surface area is 101 Å². The Morgan fingerprint density at radius 1 is 1.22 bits per heavy atom. The number of nitrogens with one attached hydrogen (secondary N) is 1. The quantitative estimate of drug-likeness (QED) is 0.756. The van der Waals surface area contributed by atoms with Crippen LogP contribution in [0.3, 0.4) is 0 Å². The van der Waals surface area contributed by atoms with E-state index in [1.807, 2.05) is 0 Å². The number of carboxylic acids is 2. The Hall–Kier alpha value is -2.83. The van der Waals surface area contributed by atoms with Crippen LogP contribution in [0.2, 0.25) is 0 Å². The number of oxazole rings is 1. The van der Waals surface area contributed by atoms with Gasteiger partial charge in [-0.3, -0.25) is 0 Å². The molecule has 0 unspecified atom stereocenters. The number of anilines is 2. The lowest BCUT2D eigenvalue weighted by Gasteiger charge is -2.02. The smallest absolute Gasteiger partial charge is 0.357 e. The van der Waals surface area contributed by atoms with E-state index < -0.39 is 11.9 Å². The maximum atomic E-state index is 10.8. The molecule has 0 aliphatic rings. The van der Waals surface area contributed by atoms with Gasteiger partial charge in [0.05, 0.1) is 5.56 Å². The fourth-order valence-electron chi connectivity index (χ4n) is 1.28. The van der Waals surface area contributed by atoms with Crippen LogP contribution in [0.1, 0.15) is 20.8 Å². The number of carboxylic acid groups (broad SMARTS) is 2. The van der Waals surface area contributed by atoms with E-state index in [9.17, 15) is 9.59 Å². The Morgan fingerprint density at radius 3 is 2.61 bits per heavy atom. The maximum absolute atomic E-state index is 10.8. The molecule has 1 aromatic carbocycles. The Bertz CT molecular complexity index is 605. The van der Waals surface area contributed by atoms with Gasteiger partial charge in [0.2, 0.25) is 0 Å². The molecule has 0 radical (unpaired) electrons. The predicted octanol–water partition coefficient (Wildman–Crippen LogP) is 1.81. The molecule has 2 rings (SSSR count). The molecule has 7 heteroatoms. The molecule has 0 aliphatic carbocycles. The molecule has 2 aromatic rings. The van der Waals surface area contributed by atoms with Crippen molar-refractivity contribution >= 4 is 23.6 Å². The third-order valence-corrected chi connectivity index (χ3v) is 2.08. The van der Waals surface area contributed by atoms with Crippen LogP contribution in [0.25, 0.3) is 0 Å². The van der Waals surface area contributed by atoms with E-state index in [2.05, 4.69) is 10.3 Å². The van der Waals surface area contributed by atoms with Crippen molar-refractivity contribution in [2.45, 2.75) is 0 Å². The van der Waals surface area contributed by atoms with Crippen LogP contribution in [0.5, 0.6) is 0 Å². The van der Waals surface area contributed by atoms with Crippen LogP contribution >= 0.6 is 0 Å². The number of rotatable bonds is 4. The van der Waals surface area contributed by atoms with Crippen molar-refractivity contribution in [1.29, 1.82) is 0 Å². The van der Waals surface area contributed by atoms with Gasteiger partial charge in [-0.1, -0.05) is 6.07 Å². The van der Waals surface area contributed by atoms with Gasteiger partial charge < -0.3 is 19.9 Å². The van der Waals surface area contributed by atoms with Crippen molar-refractivity contribution in [3.05, 3.63) is 41.8 Å². The van der Waals surface area contributed by atoms with Gasteiger partial charge in [0.1, 0.15) is 6.26 Å². The molecule has 0 fully saturated rings. The molecule has 0 amide bonds. The van der Waals surface area contributed by atoms with Crippen molar-refractivity contribution in [3.8, 4) is 0 Å². The lowest BCUT2D eigenvalue weighted by Crippen LogP contribution is -1.99. The molecule has 0 atom stereocenters. The molecule has 0 saturated heterocycles. The second-order valence-electron chi connectivity index (χ2n) is 3.35. The summed E-state index contributed by atoms with van der Waals surface area (Å²) >= 11 is 0. The number of nitrogens with zero attached hydrogens (tertiary/aromatic N) is 1. The molecule has 0 saturated carbocycles. The highest BCUT2D eigenvalue weighted by Crippen LogP contribution is 2.17. The van der Waals surface area contributed by atoms with Crippen LogP contribution in [-0.4, -0.2) is 27.1 Å². The van der Waals surface area contributed by atoms with Gasteiger partial charge in [-0.2, -0.15) is 4.98 Å². The first-order valence-corrected chi connectivity index (χ1v) is 4.85. The third-order valence-electron chi connectivity index (χ3n) is 2.08. The van der Waals surface area contributed by atoms with E-state index in [4.69, 9.17) is 14.6 Å². The number of benzene rings is 1. The fraction of sp³-hybridized carbons (Fsp3) is 0. The van der Waals surface area contributed by atoms with Crippen molar-refractivity contribution in [3.63, 3.8) is 0 Å². The predicted molar refractivity (Wildman–Crippen MR) is 60.1 cm³/mol. The van der Waals surface area contributed by atoms with Gasteiger partial charge in [-0.15, -0.1) is 0 Å². The lowest BCUT2D eigenvalue weighted by atomic mass is 10.2. The van der Waals surface area contributed by atoms with Crippen LogP contribution in [-0.2, 0) is 0 Å². The second kappa shape index (κ2) is 4.58. The summed E-state index contributed by atoms with van der Waals surface area (Å²) < 4.78 is 4.88. The summed E-state index contributed by atoms with van der Waals surface area (Å²) in [6.07, 6.45) is 0.992. The monoisotopic (exact) mass is 248 g/mol. The third kappa shape index (κ3) is 2.46.